The van der Waals surface area contributed by atoms with Crippen molar-refractivity contribution in [3.8, 4) is 5.75 Å². The molecule has 1 saturated heterocycles. The predicted octanol–water partition coefficient (Wildman–Crippen LogP) is 2.64. The Morgan fingerprint density at radius 3 is 2.71 bits per heavy atom. The molecule has 1 spiro atoms. The van der Waals surface area contributed by atoms with E-state index in [1.807, 2.05) is 6.07 Å². The Balaban J connectivity index is 1.97. The van der Waals surface area contributed by atoms with Gasteiger partial charge in [0.2, 0.25) is 0 Å². The summed E-state index contributed by atoms with van der Waals surface area (Å²) in [6.07, 6.45) is -0.379. The number of hydrogen-bond donors (Lipinski definition) is 1. The fourth-order valence-electron chi connectivity index (χ4n) is 2.84. The van der Waals surface area contributed by atoms with E-state index in [4.69, 9.17) is 4.74 Å². The molecule has 0 radical (unpaired) electrons. The standard InChI is InChI=1S/C13H15F2NO/c14-12(15)9-1-2-10-11(7-9)17-8-13(10)3-5-16-6-4-13/h1-2,7,12,16H,3-6,8H2. The number of piperidine rings is 1. The summed E-state index contributed by atoms with van der Waals surface area (Å²) in [7, 11) is 0. The SMILES string of the molecule is FC(F)c1ccc2c(c1)OCC21CCNCC1. The Morgan fingerprint density at radius 1 is 1.24 bits per heavy atom. The van der Waals surface area contributed by atoms with Gasteiger partial charge in [0.1, 0.15) is 5.75 Å². The van der Waals surface area contributed by atoms with Gasteiger partial charge in [-0.05, 0) is 32.0 Å². The molecule has 0 unspecified atom stereocenters. The van der Waals surface area contributed by atoms with Gasteiger partial charge in [0.05, 0.1) is 6.61 Å². The van der Waals surface area contributed by atoms with Crippen LogP contribution in [0.5, 0.6) is 5.75 Å². The first-order valence-electron chi connectivity index (χ1n) is 5.97. The van der Waals surface area contributed by atoms with Crippen LogP contribution in [-0.2, 0) is 5.41 Å². The van der Waals surface area contributed by atoms with Crippen LogP contribution in [0.2, 0.25) is 0 Å². The molecule has 1 fully saturated rings. The van der Waals surface area contributed by atoms with Gasteiger partial charge in [-0.3, -0.25) is 0 Å². The average molecular weight is 239 g/mol. The van der Waals surface area contributed by atoms with Gasteiger partial charge in [0.25, 0.3) is 6.43 Å². The lowest BCUT2D eigenvalue weighted by atomic mass is 9.75. The molecule has 0 saturated carbocycles. The van der Waals surface area contributed by atoms with Crippen molar-refractivity contribution in [2.45, 2.75) is 24.7 Å². The van der Waals surface area contributed by atoms with Crippen molar-refractivity contribution in [3.05, 3.63) is 29.3 Å². The monoisotopic (exact) mass is 239 g/mol. The lowest BCUT2D eigenvalue weighted by molar-refractivity contribution is 0.151. The highest BCUT2D eigenvalue weighted by Crippen LogP contribution is 2.45. The first-order valence-corrected chi connectivity index (χ1v) is 5.97. The maximum absolute atomic E-state index is 12.6. The molecule has 3 rings (SSSR count). The van der Waals surface area contributed by atoms with Crippen LogP contribution in [0.3, 0.4) is 0 Å². The van der Waals surface area contributed by atoms with Crippen LogP contribution in [0.1, 0.15) is 30.4 Å². The summed E-state index contributed by atoms with van der Waals surface area (Å²) in [4.78, 5) is 0. The Labute approximate surface area is 99.0 Å². The first-order chi connectivity index (χ1) is 8.21. The zero-order chi connectivity index (χ0) is 11.9. The van der Waals surface area contributed by atoms with E-state index in [2.05, 4.69) is 5.32 Å². The van der Waals surface area contributed by atoms with E-state index in [1.54, 1.807) is 0 Å². The van der Waals surface area contributed by atoms with Gasteiger partial charge in [0.15, 0.2) is 0 Å². The minimum absolute atomic E-state index is 0.0507. The van der Waals surface area contributed by atoms with Crippen LogP contribution in [-0.4, -0.2) is 19.7 Å². The fraction of sp³-hybridized carbons (Fsp3) is 0.538. The summed E-state index contributed by atoms with van der Waals surface area (Å²) >= 11 is 0. The Hall–Kier alpha value is -1.16. The number of halogens is 2. The van der Waals surface area contributed by atoms with Crippen molar-refractivity contribution in [1.82, 2.24) is 5.32 Å². The molecule has 0 amide bonds. The summed E-state index contributed by atoms with van der Waals surface area (Å²) in [5.74, 6) is 0.657. The van der Waals surface area contributed by atoms with E-state index >= 15 is 0 Å². The topological polar surface area (TPSA) is 21.3 Å². The quantitative estimate of drug-likeness (QED) is 0.813. The van der Waals surface area contributed by atoms with Gasteiger partial charge in [0, 0.05) is 16.5 Å². The predicted molar refractivity (Wildman–Crippen MR) is 60.7 cm³/mol. The van der Waals surface area contributed by atoms with Gasteiger partial charge in [-0.25, -0.2) is 8.78 Å². The van der Waals surface area contributed by atoms with Crippen molar-refractivity contribution in [3.63, 3.8) is 0 Å². The van der Waals surface area contributed by atoms with Crippen LogP contribution in [0.25, 0.3) is 0 Å². The molecule has 1 aromatic carbocycles. The highest BCUT2D eigenvalue weighted by Gasteiger charge is 2.41. The van der Waals surface area contributed by atoms with E-state index in [9.17, 15) is 8.78 Å². The number of hydrogen-bond acceptors (Lipinski definition) is 2. The summed E-state index contributed by atoms with van der Waals surface area (Å²) in [5, 5.41) is 3.32. The van der Waals surface area contributed by atoms with Gasteiger partial charge < -0.3 is 10.1 Å². The van der Waals surface area contributed by atoms with Crippen molar-refractivity contribution < 1.29 is 13.5 Å². The molecule has 92 valence electrons. The molecule has 2 heterocycles. The molecule has 17 heavy (non-hydrogen) atoms. The molecule has 0 atom stereocenters. The first kappa shape index (κ1) is 11.0. The van der Waals surface area contributed by atoms with E-state index in [0.29, 0.717) is 12.4 Å². The number of fused-ring (bicyclic) bond motifs is 2. The molecule has 2 nitrogen and oxygen atoms in total. The third-order valence-corrected chi connectivity index (χ3v) is 3.89. The zero-order valence-corrected chi connectivity index (χ0v) is 9.51. The van der Waals surface area contributed by atoms with Crippen molar-refractivity contribution in [2.24, 2.45) is 0 Å². The van der Waals surface area contributed by atoms with Crippen LogP contribution in [0, 0.1) is 0 Å². The van der Waals surface area contributed by atoms with Crippen LogP contribution in [0.4, 0.5) is 8.78 Å². The minimum Gasteiger partial charge on any atom is -0.492 e. The fourth-order valence-corrected chi connectivity index (χ4v) is 2.84. The lowest BCUT2D eigenvalue weighted by Crippen LogP contribution is -2.40. The Morgan fingerprint density at radius 2 is 2.00 bits per heavy atom. The average Bonchev–Trinajstić information content (AvgIpc) is 2.69. The lowest BCUT2D eigenvalue weighted by Gasteiger charge is -2.32. The second-order valence-electron chi connectivity index (χ2n) is 4.88. The normalized spacial score (nSPS) is 21.6. The molecule has 1 aromatic rings. The number of alkyl halides is 2. The number of rotatable bonds is 1. The highest BCUT2D eigenvalue weighted by atomic mass is 19.3. The molecule has 0 aromatic heterocycles. The minimum atomic E-state index is -2.42. The van der Waals surface area contributed by atoms with Crippen LogP contribution in [0.15, 0.2) is 18.2 Å². The smallest absolute Gasteiger partial charge is 0.263 e. The van der Waals surface area contributed by atoms with E-state index < -0.39 is 6.43 Å². The summed E-state index contributed by atoms with van der Waals surface area (Å²) in [6, 6.07) is 4.86. The Kier molecular flexibility index (Phi) is 2.54. The summed E-state index contributed by atoms with van der Waals surface area (Å²) in [6.45, 7) is 2.58. The summed E-state index contributed by atoms with van der Waals surface area (Å²) in [5.41, 5.74) is 1.22. The van der Waals surface area contributed by atoms with Gasteiger partial charge >= 0.3 is 0 Å². The maximum Gasteiger partial charge on any atom is 0.263 e. The highest BCUT2D eigenvalue weighted by molar-refractivity contribution is 5.46. The number of nitrogens with one attached hydrogen (secondary N) is 1. The van der Waals surface area contributed by atoms with Gasteiger partial charge in [-0.15, -0.1) is 0 Å². The second-order valence-corrected chi connectivity index (χ2v) is 4.88. The largest absolute Gasteiger partial charge is 0.492 e. The van der Waals surface area contributed by atoms with Crippen LogP contribution < -0.4 is 10.1 Å². The zero-order valence-electron chi connectivity index (χ0n) is 9.51. The molecule has 2 aliphatic rings. The Bertz CT molecular complexity index is 427. The van der Waals surface area contributed by atoms with E-state index in [0.717, 1.165) is 31.5 Å². The van der Waals surface area contributed by atoms with Gasteiger partial charge in [-0.1, -0.05) is 12.1 Å². The molecule has 0 bridgehead atoms. The van der Waals surface area contributed by atoms with Gasteiger partial charge in [-0.2, -0.15) is 0 Å². The third kappa shape index (κ3) is 1.71. The van der Waals surface area contributed by atoms with E-state index in [1.165, 1.54) is 12.1 Å². The number of benzene rings is 1. The third-order valence-electron chi connectivity index (χ3n) is 3.89. The van der Waals surface area contributed by atoms with Crippen molar-refractivity contribution in [1.29, 1.82) is 0 Å². The van der Waals surface area contributed by atoms with Crippen LogP contribution >= 0.6 is 0 Å². The molecular weight excluding hydrogens is 224 g/mol. The number of ether oxygens (including phenoxy) is 1. The molecule has 4 heteroatoms. The van der Waals surface area contributed by atoms with Crippen molar-refractivity contribution >= 4 is 0 Å². The molecule has 0 aliphatic carbocycles. The molecule has 2 aliphatic heterocycles. The summed E-state index contributed by atoms with van der Waals surface area (Å²) < 4.78 is 30.8. The van der Waals surface area contributed by atoms with E-state index in [-0.39, 0.29) is 11.0 Å². The molecule has 1 N–H and O–H groups in total. The molecular formula is C13H15F2NO. The maximum atomic E-state index is 12.6. The second kappa shape index (κ2) is 3.95. The van der Waals surface area contributed by atoms with Crippen molar-refractivity contribution in [2.75, 3.05) is 19.7 Å².